The molecule has 0 amide bonds. The summed E-state index contributed by atoms with van der Waals surface area (Å²) >= 11 is 0. The predicted molar refractivity (Wildman–Crippen MR) is 144 cm³/mol. The number of rotatable bonds is 5. The standard InChI is InChI=1S/C30H54O4Si/c1-26(2,3)35(6,7)34-18-8-14-30(33)24-10-9-21(24)25-22-12-17-29(32)19-20(31)11-15-27(29,4)23(22)13-16-28(25,30)5/h20-25,31-33H,8-19H2,1-7H3/t20-,21+,22+,23-,24-,25-,27+,28-,29-,30-/m0/s1. The maximum Gasteiger partial charge on any atom is 0.191 e. The molecule has 0 saturated heterocycles. The average Bonchev–Trinajstić information content (AvgIpc) is 2.85. The Balaban J connectivity index is 1.34. The Kier molecular flexibility index (Phi) is 6.30. The lowest BCUT2D eigenvalue weighted by Crippen LogP contribution is -2.64. The molecule has 0 aromatic heterocycles. The van der Waals surface area contributed by atoms with Crippen molar-refractivity contribution in [1.82, 2.24) is 0 Å². The molecular formula is C30H54O4Si. The normalized spacial score (nSPS) is 51.6. The Morgan fingerprint density at radius 2 is 1.51 bits per heavy atom. The SMILES string of the molecule is CC(C)(C)[Si](C)(C)OCCC[C@]1(O)[C@H]2CC[C@H]2[C@H]2[C@@H]3CC[C@]4(O)C[C@@H](O)CC[C@]4(C)[C@H]3CC[C@@]21C. The third-order valence-corrected chi connectivity index (χ3v) is 17.9. The van der Waals surface area contributed by atoms with E-state index in [0.717, 1.165) is 58.0 Å². The van der Waals surface area contributed by atoms with Gasteiger partial charge in [0, 0.05) is 13.0 Å². The zero-order valence-corrected chi connectivity index (χ0v) is 24.7. The molecule has 5 heteroatoms. The van der Waals surface area contributed by atoms with E-state index in [1.807, 2.05) is 0 Å². The van der Waals surface area contributed by atoms with E-state index in [-0.39, 0.29) is 22.0 Å². The second-order valence-corrected chi connectivity index (χ2v) is 20.4. The van der Waals surface area contributed by atoms with Gasteiger partial charge in [0.25, 0.3) is 0 Å². The predicted octanol–water partition coefficient (Wildman–Crippen LogP) is 6.28. The molecule has 0 heterocycles. The molecule has 5 fully saturated rings. The summed E-state index contributed by atoms with van der Waals surface area (Å²) in [5, 5.41) is 34.8. The fourth-order valence-electron chi connectivity index (χ4n) is 10.1. The summed E-state index contributed by atoms with van der Waals surface area (Å²) in [7, 11) is -1.76. The van der Waals surface area contributed by atoms with E-state index < -0.39 is 19.5 Å². The number of fused-ring (bicyclic) bond motifs is 7. The first-order valence-electron chi connectivity index (χ1n) is 14.9. The topological polar surface area (TPSA) is 69.9 Å². The van der Waals surface area contributed by atoms with Crippen molar-refractivity contribution in [3.8, 4) is 0 Å². The van der Waals surface area contributed by atoms with Crippen molar-refractivity contribution in [1.29, 1.82) is 0 Å². The molecule has 202 valence electrons. The quantitative estimate of drug-likeness (QED) is 0.303. The van der Waals surface area contributed by atoms with Crippen molar-refractivity contribution < 1.29 is 19.7 Å². The first kappa shape index (κ1) is 26.7. The Morgan fingerprint density at radius 3 is 2.14 bits per heavy atom. The highest BCUT2D eigenvalue weighted by molar-refractivity contribution is 6.74. The minimum atomic E-state index is -1.76. The molecule has 0 spiro atoms. The van der Waals surface area contributed by atoms with Crippen LogP contribution in [-0.4, -0.2) is 47.5 Å². The fraction of sp³-hybridized carbons (Fsp3) is 1.00. The van der Waals surface area contributed by atoms with Crippen LogP contribution in [0.15, 0.2) is 0 Å². The molecule has 5 saturated carbocycles. The van der Waals surface area contributed by atoms with Crippen molar-refractivity contribution >= 4 is 8.32 Å². The third-order valence-electron chi connectivity index (χ3n) is 13.4. The number of aliphatic hydroxyl groups is 3. The lowest BCUT2D eigenvalue weighted by Gasteiger charge is -2.64. The molecule has 0 aromatic rings. The van der Waals surface area contributed by atoms with Gasteiger partial charge < -0.3 is 19.7 Å². The summed E-state index contributed by atoms with van der Waals surface area (Å²) in [4.78, 5) is 0. The smallest absolute Gasteiger partial charge is 0.191 e. The van der Waals surface area contributed by atoms with Crippen LogP contribution in [0, 0.1) is 40.4 Å². The summed E-state index contributed by atoms with van der Waals surface area (Å²) in [5.41, 5.74) is -1.39. The van der Waals surface area contributed by atoms with Gasteiger partial charge in [-0.3, -0.25) is 0 Å². The second-order valence-electron chi connectivity index (χ2n) is 15.6. The van der Waals surface area contributed by atoms with Crippen LogP contribution in [0.2, 0.25) is 18.1 Å². The average molecular weight is 507 g/mol. The van der Waals surface area contributed by atoms with Crippen LogP contribution in [0.4, 0.5) is 0 Å². The van der Waals surface area contributed by atoms with E-state index in [4.69, 9.17) is 4.43 Å². The van der Waals surface area contributed by atoms with Gasteiger partial charge in [0.1, 0.15) is 0 Å². The van der Waals surface area contributed by atoms with Crippen LogP contribution in [0.25, 0.3) is 0 Å². The van der Waals surface area contributed by atoms with Gasteiger partial charge in [0.15, 0.2) is 8.32 Å². The summed E-state index contributed by atoms with van der Waals surface area (Å²) in [5.74, 6) is 2.82. The van der Waals surface area contributed by atoms with Crippen LogP contribution in [-0.2, 0) is 4.43 Å². The van der Waals surface area contributed by atoms with Crippen LogP contribution >= 0.6 is 0 Å². The van der Waals surface area contributed by atoms with E-state index in [0.29, 0.717) is 36.0 Å². The van der Waals surface area contributed by atoms with E-state index >= 15 is 0 Å². The highest BCUT2D eigenvalue weighted by Crippen LogP contribution is 2.75. The molecule has 4 nitrogen and oxygen atoms in total. The van der Waals surface area contributed by atoms with Gasteiger partial charge in [0.2, 0.25) is 0 Å². The lowest BCUT2D eigenvalue weighted by atomic mass is 9.42. The largest absolute Gasteiger partial charge is 0.417 e. The van der Waals surface area contributed by atoms with Gasteiger partial charge in [-0.25, -0.2) is 0 Å². The van der Waals surface area contributed by atoms with E-state index in [1.165, 1.54) is 12.8 Å². The Bertz CT molecular complexity index is 824. The van der Waals surface area contributed by atoms with Crippen LogP contribution in [0.1, 0.15) is 105 Å². The van der Waals surface area contributed by atoms with Gasteiger partial charge in [-0.05, 0) is 123 Å². The Labute approximate surface area is 215 Å². The third kappa shape index (κ3) is 3.64. The van der Waals surface area contributed by atoms with Crippen molar-refractivity contribution in [2.75, 3.05) is 6.61 Å². The zero-order valence-electron chi connectivity index (χ0n) is 23.7. The van der Waals surface area contributed by atoms with Crippen LogP contribution in [0.3, 0.4) is 0 Å². The first-order chi connectivity index (χ1) is 16.1. The van der Waals surface area contributed by atoms with Crippen molar-refractivity contribution in [2.45, 2.75) is 141 Å². The molecular weight excluding hydrogens is 452 g/mol. The van der Waals surface area contributed by atoms with Gasteiger partial charge in [-0.15, -0.1) is 0 Å². The summed E-state index contributed by atoms with van der Waals surface area (Å²) in [6.07, 6.45) is 10.4. The fourth-order valence-corrected chi connectivity index (χ4v) is 11.2. The van der Waals surface area contributed by atoms with Crippen molar-refractivity contribution in [3.63, 3.8) is 0 Å². The molecule has 3 N–H and O–H groups in total. The highest BCUT2D eigenvalue weighted by atomic mass is 28.4. The maximum atomic E-state index is 12.5. The van der Waals surface area contributed by atoms with Gasteiger partial charge >= 0.3 is 0 Å². The number of hydrogen-bond donors (Lipinski definition) is 3. The van der Waals surface area contributed by atoms with Crippen molar-refractivity contribution in [2.24, 2.45) is 40.4 Å². The monoisotopic (exact) mass is 506 g/mol. The molecule has 0 aromatic carbocycles. The number of hydrogen-bond acceptors (Lipinski definition) is 4. The minimum Gasteiger partial charge on any atom is -0.417 e. The molecule has 5 aliphatic rings. The Morgan fingerprint density at radius 1 is 0.857 bits per heavy atom. The van der Waals surface area contributed by atoms with E-state index in [1.54, 1.807) is 0 Å². The second kappa shape index (κ2) is 8.28. The van der Waals surface area contributed by atoms with Gasteiger partial charge in [-0.2, -0.15) is 0 Å². The molecule has 5 aliphatic carbocycles. The Hall–Kier alpha value is 0.0569. The molecule has 0 unspecified atom stereocenters. The summed E-state index contributed by atoms with van der Waals surface area (Å²) < 4.78 is 6.51. The summed E-state index contributed by atoms with van der Waals surface area (Å²) in [6.45, 7) is 17.1. The molecule has 35 heavy (non-hydrogen) atoms. The molecule has 0 radical (unpaired) electrons. The van der Waals surface area contributed by atoms with Gasteiger partial charge in [-0.1, -0.05) is 34.6 Å². The van der Waals surface area contributed by atoms with E-state index in [2.05, 4.69) is 47.7 Å². The molecule has 0 bridgehead atoms. The molecule has 10 atom stereocenters. The van der Waals surface area contributed by atoms with Gasteiger partial charge in [0.05, 0.1) is 17.3 Å². The zero-order chi connectivity index (χ0) is 25.7. The molecule has 5 rings (SSSR count). The molecule has 0 aliphatic heterocycles. The van der Waals surface area contributed by atoms with Crippen LogP contribution in [0.5, 0.6) is 0 Å². The summed E-state index contributed by atoms with van der Waals surface area (Å²) in [6, 6.07) is 0. The van der Waals surface area contributed by atoms with Crippen LogP contribution < -0.4 is 0 Å². The number of aliphatic hydroxyl groups excluding tert-OH is 1. The maximum absolute atomic E-state index is 12.5. The highest BCUT2D eigenvalue weighted by Gasteiger charge is 2.73. The van der Waals surface area contributed by atoms with E-state index in [9.17, 15) is 15.3 Å². The minimum absolute atomic E-state index is 0.0169. The first-order valence-corrected chi connectivity index (χ1v) is 17.8. The lowest BCUT2D eigenvalue weighted by molar-refractivity contribution is -0.229. The van der Waals surface area contributed by atoms with Crippen molar-refractivity contribution in [3.05, 3.63) is 0 Å².